The van der Waals surface area contributed by atoms with Crippen LogP contribution in [0.1, 0.15) is 21.6 Å². The Balaban J connectivity index is 1.78. The van der Waals surface area contributed by atoms with E-state index in [1.165, 1.54) is 10.8 Å². The molecule has 28 heavy (non-hydrogen) atoms. The topological polar surface area (TPSA) is 53.3 Å². The van der Waals surface area contributed by atoms with Gasteiger partial charge < -0.3 is 9.47 Å². The van der Waals surface area contributed by atoms with Crippen LogP contribution in [0, 0.1) is 0 Å². The normalized spacial score (nSPS) is 11.0. The fraction of sp³-hybridized carbons (Fsp3) is 0.143. The summed E-state index contributed by atoms with van der Waals surface area (Å²) in [5, 5.41) is 4.79. The molecule has 0 saturated carbocycles. The van der Waals surface area contributed by atoms with E-state index in [1.807, 2.05) is 18.2 Å². The molecule has 144 valence electrons. The lowest BCUT2D eigenvalue weighted by molar-refractivity contribution is 0.103. The second-order valence-corrected chi connectivity index (χ2v) is 6.73. The van der Waals surface area contributed by atoms with E-state index in [2.05, 4.69) is 5.10 Å². The van der Waals surface area contributed by atoms with Crippen molar-refractivity contribution in [3.05, 3.63) is 81.6 Å². The Bertz CT molecular complexity index is 1030. The van der Waals surface area contributed by atoms with Gasteiger partial charge in [-0.2, -0.15) is 5.10 Å². The number of aromatic nitrogens is 2. The molecule has 0 aliphatic carbocycles. The zero-order chi connectivity index (χ0) is 20.1. The number of halogens is 2. The van der Waals surface area contributed by atoms with Crippen LogP contribution in [0.15, 0.2) is 54.7 Å². The molecule has 0 spiro atoms. The first-order chi connectivity index (χ1) is 13.5. The number of carbonyl (C=O) groups excluding carboxylic acids is 1. The third-order valence-electron chi connectivity index (χ3n) is 4.10. The van der Waals surface area contributed by atoms with Crippen molar-refractivity contribution in [3.63, 3.8) is 0 Å². The van der Waals surface area contributed by atoms with Crippen LogP contribution in [0.25, 0.3) is 6.08 Å². The van der Waals surface area contributed by atoms with E-state index in [0.29, 0.717) is 27.2 Å². The molecule has 7 heteroatoms. The quantitative estimate of drug-likeness (QED) is 0.391. The van der Waals surface area contributed by atoms with Crippen LogP contribution < -0.4 is 9.47 Å². The molecule has 1 heterocycles. The maximum atomic E-state index is 12.3. The van der Waals surface area contributed by atoms with Crippen LogP contribution in [-0.4, -0.2) is 22.7 Å². The van der Waals surface area contributed by atoms with Gasteiger partial charge in [-0.3, -0.25) is 9.48 Å². The highest BCUT2D eigenvalue weighted by molar-refractivity contribution is 6.42. The van der Waals surface area contributed by atoms with Crippen molar-refractivity contribution >= 4 is 35.1 Å². The lowest BCUT2D eigenvalue weighted by atomic mass is 10.1. The Morgan fingerprint density at radius 3 is 2.71 bits per heavy atom. The average Bonchev–Trinajstić information content (AvgIpc) is 3.13. The molecule has 0 atom stereocenters. The van der Waals surface area contributed by atoms with Crippen molar-refractivity contribution in [1.29, 1.82) is 0 Å². The molecule has 1 aromatic heterocycles. The van der Waals surface area contributed by atoms with Gasteiger partial charge in [-0.15, -0.1) is 0 Å². The molecule has 0 saturated heterocycles. The number of allylic oxidation sites excluding steroid dienone is 1. The summed E-state index contributed by atoms with van der Waals surface area (Å²) in [6.45, 7) is 0.237. The van der Waals surface area contributed by atoms with Crippen molar-refractivity contribution in [2.45, 2.75) is 6.61 Å². The van der Waals surface area contributed by atoms with E-state index in [-0.39, 0.29) is 12.4 Å². The summed E-state index contributed by atoms with van der Waals surface area (Å²) in [5.41, 5.74) is 2.17. The minimum absolute atomic E-state index is 0.126. The highest BCUT2D eigenvalue weighted by atomic mass is 35.5. The number of nitrogens with zero attached hydrogens (tertiary/aromatic N) is 2. The van der Waals surface area contributed by atoms with E-state index >= 15 is 0 Å². The zero-order valence-electron chi connectivity index (χ0n) is 15.4. The van der Waals surface area contributed by atoms with Crippen molar-refractivity contribution < 1.29 is 14.3 Å². The van der Waals surface area contributed by atoms with Crippen LogP contribution in [0.5, 0.6) is 11.5 Å². The molecular weight excluding hydrogens is 399 g/mol. The van der Waals surface area contributed by atoms with E-state index < -0.39 is 0 Å². The van der Waals surface area contributed by atoms with Gasteiger partial charge in [0.2, 0.25) is 5.78 Å². The molecule has 0 radical (unpaired) electrons. The van der Waals surface area contributed by atoms with E-state index in [9.17, 15) is 4.79 Å². The predicted octanol–water partition coefficient (Wildman–Crippen LogP) is 5.21. The number of hydrogen-bond acceptors (Lipinski definition) is 4. The van der Waals surface area contributed by atoms with Gasteiger partial charge in [0.1, 0.15) is 28.8 Å². The first-order valence-electron chi connectivity index (χ1n) is 8.43. The standard InChI is InChI=1S/C21H18Cl2N2O3/c1-25-17(10-11-24-25)18(26)8-6-14-7-9-19(27-2)15(12-14)13-28-20-5-3-4-16(22)21(20)23/h3-12H,13H2,1-2H3/b8-6+. The van der Waals surface area contributed by atoms with Crippen LogP contribution in [0.3, 0.4) is 0 Å². The van der Waals surface area contributed by atoms with Gasteiger partial charge in [-0.1, -0.05) is 41.4 Å². The molecule has 0 amide bonds. The molecule has 3 rings (SSSR count). The van der Waals surface area contributed by atoms with Gasteiger partial charge in [0.25, 0.3) is 0 Å². The molecule has 0 bridgehead atoms. The Morgan fingerprint density at radius 1 is 1.18 bits per heavy atom. The Hall–Kier alpha value is -2.76. The molecule has 3 aromatic rings. The molecule has 5 nitrogen and oxygen atoms in total. The number of rotatable bonds is 7. The van der Waals surface area contributed by atoms with Gasteiger partial charge in [-0.05, 0) is 42.0 Å². The van der Waals surface area contributed by atoms with Gasteiger partial charge in [-0.25, -0.2) is 0 Å². The lowest BCUT2D eigenvalue weighted by Crippen LogP contribution is -2.03. The largest absolute Gasteiger partial charge is 0.496 e. The summed E-state index contributed by atoms with van der Waals surface area (Å²) in [6.07, 6.45) is 4.84. The summed E-state index contributed by atoms with van der Waals surface area (Å²) in [4.78, 5) is 12.3. The third kappa shape index (κ3) is 4.55. The fourth-order valence-corrected chi connectivity index (χ4v) is 2.99. The second kappa shape index (κ2) is 8.95. The van der Waals surface area contributed by atoms with Gasteiger partial charge in [0.05, 0.1) is 12.1 Å². The highest BCUT2D eigenvalue weighted by Crippen LogP contribution is 2.32. The maximum absolute atomic E-state index is 12.3. The van der Waals surface area contributed by atoms with Crippen LogP contribution in [0.2, 0.25) is 10.0 Å². The van der Waals surface area contributed by atoms with Gasteiger partial charge in [0.15, 0.2) is 0 Å². The van der Waals surface area contributed by atoms with Crippen molar-refractivity contribution in [2.75, 3.05) is 7.11 Å². The zero-order valence-corrected chi connectivity index (χ0v) is 16.9. The number of ketones is 1. The van der Waals surface area contributed by atoms with E-state index in [0.717, 1.165) is 11.1 Å². The van der Waals surface area contributed by atoms with Gasteiger partial charge >= 0.3 is 0 Å². The Kier molecular flexibility index (Phi) is 6.39. The fourth-order valence-electron chi connectivity index (χ4n) is 2.64. The molecule has 2 aromatic carbocycles. The minimum atomic E-state index is -0.126. The third-order valence-corrected chi connectivity index (χ3v) is 4.91. The number of aryl methyl sites for hydroxylation is 1. The molecule has 0 aliphatic rings. The summed E-state index contributed by atoms with van der Waals surface area (Å²) >= 11 is 12.2. The van der Waals surface area contributed by atoms with Crippen molar-refractivity contribution in [1.82, 2.24) is 9.78 Å². The highest BCUT2D eigenvalue weighted by Gasteiger charge is 2.10. The summed E-state index contributed by atoms with van der Waals surface area (Å²) in [7, 11) is 3.32. The number of carbonyl (C=O) groups is 1. The van der Waals surface area contributed by atoms with E-state index in [1.54, 1.807) is 50.7 Å². The first kappa shape index (κ1) is 20.0. The summed E-state index contributed by atoms with van der Waals surface area (Å²) < 4.78 is 12.7. The Morgan fingerprint density at radius 2 is 2.00 bits per heavy atom. The molecule has 0 unspecified atom stereocenters. The van der Waals surface area contributed by atoms with Gasteiger partial charge in [0, 0.05) is 18.8 Å². The second-order valence-electron chi connectivity index (χ2n) is 5.95. The van der Waals surface area contributed by atoms with Crippen molar-refractivity contribution in [2.24, 2.45) is 7.05 Å². The van der Waals surface area contributed by atoms with Crippen LogP contribution >= 0.6 is 23.2 Å². The summed E-state index contributed by atoms with van der Waals surface area (Å²) in [6, 6.07) is 12.5. The molecule has 0 aliphatic heterocycles. The lowest BCUT2D eigenvalue weighted by Gasteiger charge is -2.12. The molecule has 0 fully saturated rings. The van der Waals surface area contributed by atoms with Crippen molar-refractivity contribution in [3.8, 4) is 11.5 Å². The maximum Gasteiger partial charge on any atom is 0.203 e. The molecule has 0 N–H and O–H groups in total. The number of hydrogen-bond donors (Lipinski definition) is 0. The number of methoxy groups -OCH3 is 1. The SMILES string of the molecule is COc1ccc(/C=C/C(=O)c2ccnn2C)cc1COc1cccc(Cl)c1Cl. The van der Waals surface area contributed by atoms with Crippen LogP contribution in [-0.2, 0) is 13.7 Å². The Labute approximate surface area is 173 Å². The predicted molar refractivity (Wildman–Crippen MR) is 110 cm³/mol. The summed E-state index contributed by atoms with van der Waals surface area (Å²) in [5.74, 6) is 1.04. The minimum Gasteiger partial charge on any atom is -0.496 e. The number of ether oxygens (including phenoxy) is 2. The average molecular weight is 417 g/mol. The number of benzene rings is 2. The monoisotopic (exact) mass is 416 g/mol. The first-order valence-corrected chi connectivity index (χ1v) is 9.19. The smallest absolute Gasteiger partial charge is 0.203 e. The van der Waals surface area contributed by atoms with E-state index in [4.69, 9.17) is 32.7 Å². The molecular formula is C21H18Cl2N2O3. The van der Waals surface area contributed by atoms with Crippen LogP contribution in [0.4, 0.5) is 0 Å².